The monoisotopic (exact) mass is 852 g/mol. The fraction of sp³-hybridized carbons (Fsp3) is 0.0339. The van der Waals surface area contributed by atoms with Gasteiger partial charge in [-0.1, -0.05) is 200 Å². The predicted octanol–water partition coefficient (Wildman–Crippen LogP) is 14.2. The van der Waals surface area contributed by atoms with Crippen LogP contribution in [0.1, 0.15) is 28.3 Å². The van der Waals surface area contributed by atoms with Crippen molar-refractivity contribution in [1.29, 1.82) is 0 Å². The molecule has 2 aliphatic rings. The lowest BCUT2D eigenvalue weighted by atomic mass is 9.86. The van der Waals surface area contributed by atoms with E-state index in [1.165, 1.54) is 0 Å². The van der Waals surface area contributed by atoms with E-state index in [1.807, 2.05) is 72.8 Å². The lowest BCUT2D eigenvalue weighted by molar-refractivity contribution is 0.577. The molecule has 0 spiro atoms. The molecule has 3 heterocycles. The van der Waals surface area contributed by atoms with E-state index in [1.54, 1.807) is 0 Å². The Morgan fingerprint density at radius 2 is 0.800 bits per heavy atom. The van der Waals surface area contributed by atoms with E-state index >= 15 is 4.57 Å². The molecular formula is C59H41N4OP. The number of anilines is 3. The van der Waals surface area contributed by atoms with Gasteiger partial charge in [-0.3, -0.25) is 0 Å². The molecule has 9 aromatic carbocycles. The maximum Gasteiger partial charge on any atom is 0.164 e. The molecular weight excluding hydrogens is 812 g/mol. The van der Waals surface area contributed by atoms with Crippen molar-refractivity contribution in [3.63, 3.8) is 0 Å². The van der Waals surface area contributed by atoms with Crippen LogP contribution in [-0.2, 0) is 4.57 Å². The first kappa shape index (κ1) is 38.7. The molecule has 0 fully saturated rings. The number of benzene rings is 9. The Hall–Kier alpha value is -7.98. The van der Waals surface area contributed by atoms with E-state index in [4.69, 9.17) is 15.0 Å². The summed E-state index contributed by atoms with van der Waals surface area (Å²) in [6.07, 6.45) is 0. The van der Waals surface area contributed by atoms with Crippen LogP contribution in [0.3, 0.4) is 0 Å². The normalized spacial score (nSPS) is 17.0. The van der Waals surface area contributed by atoms with Crippen molar-refractivity contribution in [3.05, 3.63) is 253 Å². The molecule has 0 saturated heterocycles. The van der Waals surface area contributed by atoms with Crippen molar-refractivity contribution in [2.45, 2.75) is 11.6 Å². The van der Waals surface area contributed by atoms with Crippen LogP contribution in [-0.4, -0.2) is 15.0 Å². The van der Waals surface area contributed by atoms with Crippen molar-refractivity contribution < 1.29 is 4.57 Å². The zero-order valence-electron chi connectivity index (χ0n) is 35.3. The number of fused-ring (bicyclic) bond motifs is 7. The first-order chi connectivity index (χ1) is 32.1. The van der Waals surface area contributed by atoms with Gasteiger partial charge in [-0.05, 0) is 75.3 Å². The Balaban J connectivity index is 0.997. The summed E-state index contributed by atoms with van der Waals surface area (Å²) < 4.78 is 16.7. The standard InChI is InChI=1S/C59H41N4OP/c64-65(48-30-18-27-45(39-48)40-19-4-1-5-20-40)54-36-15-12-33-51(54)55-49-31-10-13-34-52(49)63(53-35-14-11-32-50(53)56(55)65)47-29-17-26-44(38-47)43-25-16-28-46(37-43)59-61-57(41-21-6-2-7-22-41)60-58(62-59)42-23-8-3-9-24-42/h1-39,55-56H. The summed E-state index contributed by atoms with van der Waals surface area (Å²) >= 11 is 0. The summed E-state index contributed by atoms with van der Waals surface area (Å²) in [5, 5.41) is 1.83. The van der Waals surface area contributed by atoms with Crippen molar-refractivity contribution in [2.75, 3.05) is 4.90 Å². The van der Waals surface area contributed by atoms with E-state index < -0.39 is 7.14 Å². The third-order valence-corrected chi connectivity index (χ3v) is 16.5. The van der Waals surface area contributed by atoms with Crippen LogP contribution in [0.5, 0.6) is 0 Å². The highest BCUT2D eigenvalue weighted by Gasteiger charge is 2.54. The van der Waals surface area contributed by atoms with E-state index in [0.29, 0.717) is 17.5 Å². The van der Waals surface area contributed by atoms with Gasteiger partial charge >= 0.3 is 0 Å². The van der Waals surface area contributed by atoms with E-state index in [0.717, 1.165) is 83.3 Å². The van der Waals surface area contributed by atoms with Crippen LogP contribution in [0.4, 0.5) is 17.1 Å². The van der Waals surface area contributed by atoms with Gasteiger partial charge in [0.2, 0.25) is 0 Å². The number of aromatic nitrogens is 3. The van der Waals surface area contributed by atoms with Crippen LogP contribution < -0.4 is 15.5 Å². The maximum atomic E-state index is 16.7. The van der Waals surface area contributed by atoms with Crippen LogP contribution >= 0.6 is 7.14 Å². The highest BCUT2D eigenvalue weighted by Crippen LogP contribution is 2.72. The third kappa shape index (κ3) is 6.63. The Bertz CT molecular complexity index is 3390. The number of hydrogen-bond donors (Lipinski definition) is 0. The van der Waals surface area contributed by atoms with Crippen molar-refractivity contribution in [2.24, 2.45) is 0 Å². The molecule has 10 aromatic rings. The number of hydrogen-bond acceptors (Lipinski definition) is 5. The second-order valence-electron chi connectivity index (χ2n) is 16.7. The van der Waals surface area contributed by atoms with Gasteiger partial charge in [-0.15, -0.1) is 0 Å². The van der Waals surface area contributed by atoms with Crippen molar-refractivity contribution in [3.8, 4) is 56.4 Å². The molecule has 6 heteroatoms. The molecule has 0 amide bonds. The molecule has 0 bridgehead atoms. The average Bonchev–Trinajstić information content (AvgIpc) is 3.58. The van der Waals surface area contributed by atoms with Crippen molar-refractivity contribution >= 4 is 34.8 Å². The van der Waals surface area contributed by atoms with Gasteiger partial charge in [0.1, 0.15) is 0 Å². The Kier molecular flexibility index (Phi) is 9.51. The zero-order valence-corrected chi connectivity index (χ0v) is 36.2. The third-order valence-electron chi connectivity index (χ3n) is 12.9. The highest BCUT2D eigenvalue weighted by molar-refractivity contribution is 7.79. The molecule has 12 rings (SSSR count). The molecule has 3 atom stereocenters. The fourth-order valence-electron chi connectivity index (χ4n) is 10.0. The molecule has 308 valence electrons. The van der Waals surface area contributed by atoms with E-state index in [-0.39, 0.29) is 11.6 Å². The first-order valence-electron chi connectivity index (χ1n) is 22.0. The minimum Gasteiger partial charge on any atom is -0.313 e. The maximum absolute atomic E-state index is 16.7. The summed E-state index contributed by atoms with van der Waals surface area (Å²) in [5.41, 5.74) is 13.2. The zero-order chi connectivity index (χ0) is 43.3. The minimum atomic E-state index is -3.31. The highest BCUT2D eigenvalue weighted by atomic mass is 31.2. The Morgan fingerprint density at radius 3 is 1.46 bits per heavy atom. The Labute approximate surface area is 378 Å². The molecule has 0 N–H and O–H groups in total. The van der Waals surface area contributed by atoms with Gasteiger partial charge in [0.15, 0.2) is 24.6 Å². The average molecular weight is 853 g/mol. The smallest absolute Gasteiger partial charge is 0.164 e. The van der Waals surface area contributed by atoms with E-state index in [2.05, 4.69) is 169 Å². The number of nitrogens with zero attached hydrogens (tertiary/aromatic N) is 4. The summed E-state index contributed by atoms with van der Waals surface area (Å²) in [6, 6.07) is 82.0. The summed E-state index contributed by atoms with van der Waals surface area (Å²) in [7, 11) is -3.31. The molecule has 1 aromatic heterocycles. The molecule has 65 heavy (non-hydrogen) atoms. The Morgan fingerprint density at radius 1 is 0.354 bits per heavy atom. The second-order valence-corrected chi connectivity index (χ2v) is 19.5. The molecule has 5 nitrogen and oxygen atoms in total. The van der Waals surface area contributed by atoms with Gasteiger partial charge < -0.3 is 9.46 Å². The molecule has 0 saturated carbocycles. The van der Waals surface area contributed by atoms with Gasteiger partial charge in [-0.2, -0.15) is 0 Å². The molecule has 0 aliphatic carbocycles. The fourth-order valence-corrected chi connectivity index (χ4v) is 13.8. The SMILES string of the molecule is O=P1(c2cccc(-c3ccccc3)c2)c2ccccc2C2c3ccccc3N(c3cccc(-c4cccc(-c5nc(-c6ccccc6)nc(-c6ccccc6)n5)c4)c3)c3ccccc3C21. The minimum absolute atomic E-state index is 0.137. The van der Waals surface area contributed by atoms with E-state index in [9.17, 15) is 0 Å². The number of para-hydroxylation sites is 2. The first-order valence-corrected chi connectivity index (χ1v) is 23.8. The van der Waals surface area contributed by atoms with Crippen LogP contribution in [0, 0.1) is 0 Å². The van der Waals surface area contributed by atoms with Crippen LogP contribution in [0.2, 0.25) is 0 Å². The van der Waals surface area contributed by atoms with Gasteiger partial charge in [0, 0.05) is 44.6 Å². The summed E-state index contributed by atoms with van der Waals surface area (Å²) in [6.45, 7) is 0. The summed E-state index contributed by atoms with van der Waals surface area (Å²) in [4.78, 5) is 17.4. The lowest BCUT2D eigenvalue weighted by Gasteiger charge is -2.29. The largest absolute Gasteiger partial charge is 0.313 e. The van der Waals surface area contributed by atoms with Crippen molar-refractivity contribution in [1.82, 2.24) is 15.0 Å². The lowest BCUT2D eigenvalue weighted by Crippen LogP contribution is -2.18. The second kappa shape index (κ2) is 16.0. The predicted molar refractivity (Wildman–Crippen MR) is 266 cm³/mol. The number of rotatable bonds is 7. The topological polar surface area (TPSA) is 59.0 Å². The molecule has 0 radical (unpaired) electrons. The summed E-state index contributed by atoms with van der Waals surface area (Å²) in [5.74, 6) is 1.72. The van der Waals surface area contributed by atoms with Gasteiger partial charge in [0.05, 0.1) is 11.3 Å². The van der Waals surface area contributed by atoms with Crippen LogP contribution in [0.15, 0.2) is 237 Å². The van der Waals surface area contributed by atoms with Gasteiger partial charge in [0.25, 0.3) is 0 Å². The molecule has 2 aliphatic heterocycles. The van der Waals surface area contributed by atoms with Crippen LogP contribution in [0.25, 0.3) is 56.4 Å². The quantitative estimate of drug-likeness (QED) is 0.150. The molecule has 3 unspecified atom stereocenters. The van der Waals surface area contributed by atoms with Gasteiger partial charge in [-0.25, -0.2) is 15.0 Å².